The Hall–Kier alpha value is -1.06. The molecule has 2 unspecified atom stereocenters. The van der Waals surface area contributed by atoms with E-state index in [-0.39, 0.29) is 6.04 Å². The van der Waals surface area contributed by atoms with E-state index in [0.717, 1.165) is 18.8 Å². The van der Waals surface area contributed by atoms with E-state index >= 15 is 0 Å². The molecule has 0 bridgehead atoms. The van der Waals surface area contributed by atoms with E-state index in [0.29, 0.717) is 6.10 Å². The number of aryl methyl sites for hydroxylation is 2. The molecule has 1 N–H and O–H groups in total. The van der Waals surface area contributed by atoms with Gasteiger partial charge in [-0.2, -0.15) is 0 Å². The van der Waals surface area contributed by atoms with Crippen molar-refractivity contribution in [3.63, 3.8) is 0 Å². The molecule has 0 aromatic heterocycles. The molecular weight excluding hydrogens is 250 g/mol. The van der Waals surface area contributed by atoms with E-state index in [1.807, 2.05) is 7.05 Å². The summed E-state index contributed by atoms with van der Waals surface area (Å²) in [5.74, 6) is 0.984. The summed E-state index contributed by atoms with van der Waals surface area (Å²) in [7, 11) is 3.77. The Morgan fingerprint density at radius 3 is 2.75 bits per heavy atom. The van der Waals surface area contributed by atoms with Crippen LogP contribution < -0.4 is 10.1 Å². The topological polar surface area (TPSA) is 30.5 Å². The fraction of sp³-hybridized carbons (Fsp3) is 0.647. The van der Waals surface area contributed by atoms with Crippen LogP contribution in [0.15, 0.2) is 12.1 Å². The van der Waals surface area contributed by atoms with Crippen LogP contribution in [0.1, 0.15) is 48.4 Å². The summed E-state index contributed by atoms with van der Waals surface area (Å²) >= 11 is 0. The largest absolute Gasteiger partial charge is 0.496 e. The molecule has 1 saturated heterocycles. The molecule has 0 amide bonds. The van der Waals surface area contributed by atoms with Crippen molar-refractivity contribution in [2.75, 3.05) is 20.8 Å². The summed E-state index contributed by atoms with van der Waals surface area (Å²) < 4.78 is 11.5. The molecule has 0 aliphatic carbocycles. The number of hydrogen-bond donors (Lipinski definition) is 1. The van der Waals surface area contributed by atoms with Gasteiger partial charge in [0.15, 0.2) is 0 Å². The summed E-state index contributed by atoms with van der Waals surface area (Å²) in [5, 5.41) is 3.44. The van der Waals surface area contributed by atoms with Crippen LogP contribution in [-0.2, 0) is 4.74 Å². The number of hydrogen-bond acceptors (Lipinski definition) is 3. The maximum Gasteiger partial charge on any atom is 0.124 e. The van der Waals surface area contributed by atoms with E-state index < -0.39 is 0 Å². The highest BCUT2D eigenvalue weighted by atomic mass is 16.5. The van der Waals surface area contributed by atoms with E-state index in [2.05, 4.69) is 31.3 Å². The van der Waals surface area contributed by atoms with Crippen LogP contribution in [0.4, 0.5) is 0 Å². The summed E-state index contributed by atoms with van der Waals surface area (Å²) in [6.45, 7) is 5.18. The van der Waals surface area contributed by atoms with Crippen LogP contribution in [0.3, 0.4) is 0 Å². The van der Waals surface area contributed by atoms with Crippen molar-refractivity contribution in [3.8, 4) is 5.75 Å². The fourth-order valence-electron chi connectivity index (χ4n) is 3.19. The van der Waals surface area contributed by atoms with Crippen LogP contribution in [0.5, 0.6) is 5.75 Å². The number of methoxy groups -OCH3 is 1. The normalized spacial score (nSPS) is 20.7. The van der Waals surface area contributed by atoms with Crippen LogP contribution in [0, 0.1) is 13.8 Å². The summed E-state index contributed by atoms with van der Waals surface area (Å²) in [6, 6.07) is 4.63. The standard InChI is InChI=1S/C17H27NO2/c1-12-9-13(2)17(16(10-12)19-4)15(18-3)11-14-7-5-6-8-20-14/h9-10,14-15,18H,5-8,11H2,1-4H3. The maximum absolute atomic E-state index is 5.89. The fourth-order valence-corrected chi connectivity index (χ4v) is 3.19. The van der Waals surface area contributed by atoms with Gasteiger partial charge in [0.1, 0.15) is 5.75 Å². The molecule has 1 aromatic rings. The lowest BCUT2D eigenvalue weighted by Crippen LogP contribution is -2.27. The van der Waals surface area contributed by atoms with Crippen molar-refractivity contribution in [2.45, 2.75) is 51.7 Å². The Morgan fingerprint density at radius 1 is 1.35 bits per heavy atom. The Morgan fingerprint density at radius 2 is 2.15 bits per heavy atom. The van der Waals surface area contributed by atoms with Gasteiger partial charge in [-0.1, -0.05) is 6.07 Å². The highest BCUT2D eigenvalue weighted by Gasteiger charge is 2.23. The van der Waals surface area contributed by atoms with Gasteiger partial charge >= 0.3 is 0 Å². The van der Waals surface area contributed by atoms with Crippen molar-refractivity contribution in [1.82, 2.24) is 5.32 Å². The molecule has 3 nitrogen and oxygen atoms in total. The van der Waals surface area contributed by atoms with Crippen molar-refractivity contribution >= 4 is 0 Å². The Balaban J connectivity index is 2.21. The van der Waals surface area contributed by atoms with Gasteiger partial charge in [0.2, 0.25) is 0 Å². The molecule has 3 heteroatoms. The zero-order chi connectivity index (χ0) is 14.5. The summed E-state index contributed by atoms with van der Waals surface area (Å²) in [4.78, 5) is 0. The molecule has 1 aromatic carbocycles. The third-order valence-electron chi connectivity index (χ3n) is 4.18. The van der Waals surface area contributed by atoms with Crippen molar-refractivity contribution in [3.05, 3.63) is 28.8 Å². The molecule has 1 aliphatic heterocycles. The van der Waals surface area contributed by atoms with Gasteiger partial charge in [-0.3, -0.25) is 0 Å². The van der Waals surface area contributed by atoms with Gasteiger partial charge < -0.3 is 14.8 Å². The van der Waals surface area contributed by atoms with Crippen molar-refractivity contribution < 1.29 is 9.47 Å². The second-order valence-electron chi connectivity index (χ2n) is 5.76. The van der Waals surface area contributed by atoms with Crippen LogP contribution in [0.25, 0.3) is 0 Å². The molecule has 112 valence electrons. The van der Waals surface area contributed by atoms with Crippen molar-refractivity contribution in [1.29, 1.82) is 0 Å². The van der Waals surface area contributed by atoms with Gasteiger partial charge in [0.05, 0.1) is 13.2 Å². The highest BCUT2D eigenvalue weighted by Crippen LogP contribution is 2.34. The number of rotatable bonds is 5. The minimum atomic E-state index is 0.286. The van der Waals surface area contributed by atoms with Crippen LogP contribution >= 0.6 is 0 Å². The highest BCUT2D eigenvalue weighted by molar-refractivity contribution is 5.45. The van der Waals surface area contributed by atoms with E-state index in [1.54, 1.807) is 7.11 Å². The average Bonchev–Trinajstić information content (AvgIpc) is 2.45. The zero-order valence-electron chi connectivity index (χ0n) is 13.2. The predicted octanol–water partition coefficient (Wildman–Crippen LogP) is 3.53. The van der Waals surface area contributed by atoms with Gasteiger partial charge in [-0.25, -0.2) is 0 Å². The molecule has 0 spiro atoms. The maximum atomic E-state index is 5.89. The Labute approximate surface area is 122 Å². The van der Waals surface area contributed by atoms with E-state index in [4.69, 9.17) is 9.47 Å². The molecule has 2 rings (SSSR count). The SMILES string of the molecule is CNC(CC1CCCCO1)c1c(C)cc(C)cc1OC. The number of ether oxygens (including phenoxy) is 2. The summed E-state index contributed by atoms with van der Waals surface area (Å²) in [5.41, 5.74) is 3.80. The lowest BCUT2D eigenvalue weighted by atomic mass is 9.92. The monoisotopic (exact) mass is 277 g/mol. The quantitative estimate of drug-likeness (QED) is 0.893. The zero-order valence-corrected chi connectivity index (χ0v) is 13.2. The molecule has 0 radical (unpaired) electrons. The lowest BCUT2D eigenvalue weighted by molar-refractivity contribution is 0.00533. The van der Waals surface area contributed by atoms with E-state index in [9.17, 15) is 0 Å². The van der Waals surface area contributed by atoms with Crippen LogP contribution in [0.2, 0.25) is 0 Å². The second-order valence-corrected chi connectivity index (χ2v) is 5.76. The van der Waals surface area contributed by atoms with E-state index in [1.165, 1.54) is 36.0 Å². The Kier molecular flexibility index (Phi) is 5.44. The third kappa shape index (κ3) is 3.53. The predicted molar refractivity (Wildman–Crippen MR) is 82.5 cm³/mol. The lowest BCUT2D eigenvalue weighted by Gasteiger charge is -2.29. The molecule has 1 aliphatic rings. The second kappa shape index (κ2) is 7.09. The van der Waals surface area contributed by atoms with Gasteiger partial charge in [0.25, 0.3) is 0 Å². The molecule has 1 fully saturated rings. The smallest absolute Gasteiger partial charge is 0.124 e. The molecule has 2 atom stereocenters. The van der Waals surface area contributed by atoms with Crippen molar-refractivity contribution in [2.24, 2.45) is 0 Å². The number of benzene rings is 1. The van der Waals surface area contributed by atoms with Crippen LogP contribution in [-0.4, -0.2) is 26.9 Å². The minimum absolute atomic E-state index is 0.286. The average molecular weight is 277 g/mol. The summed E-state index contributed by atoms with van der Waals surface area (Å²) in [6.07, 6.45) is 5.03. The molecular formula is C17H27NO2. The van der Waals surface area contributed by atoms with Gasteiger partial charge in [-0.05, 0) is 63.8 Å². The molecule has 1 heterocycles. The molecule has 0 saturated carbocycles. The number of nitrogens with one attached hydrogen (secondary N) is 1. The first kappa shape index (κ1) is 15.3. The van der Waals surface area contributed by atoms with Gasteiger partial charge in [-0.15, -0.1) is 0 Å². The third-order valence-corrected chi connectivity index (χ3v) is 4.18. The first-order valence-electron chi connectivity index (χ1n) is 7.59. The Bertz CT molecular complexity index is 439. The first-order chi connectivity index (χ1) is 9.65. The van der Waals surface area contributed by atoms with Gasteiger partial charge in [0, 0.05) is 18.2 Å². The first-order valence-corrected chi connectivity index (χ1v) is 7.59. The molecule has 20 heavy (non-hydrogen) atoms. The minimum Gasteiger partial charge on any atom is -0.496 e.